The second kappa shape index (κ2) is 7.41. The van der Waals surface area contributed by atoms with Crippen LogP contribution in [0.5, 0.6) is 0 Å². The molecule has 1 aromatic carbocycles. The molecular formula is C16H12Cl2F3N5O. The van der Waals surface area contributed by atoms with Gasteiger partial charge < -0.3 is 5.11 Å². The molecule has 6 nitrogen and oxygen atoms in total. The van der Waals surface area contributed by atoms with Gasteiger partial charge in [0.25, 0.3) is 0 Å². The van der Waals surface area contributed by atoms with Gasteiger partial charge in [0, 0.05) is 17.5 Å². The van der Waals surface area contributed by atoms with E-state index in [2.05, 4.69) is 20.1 Å². The second-order valence-electron chi connectivity index (χ2n) is 5.85. The van der Waals surface area contributed by atoms with Gasteiger partial charge in [-0.3, -0.25) is 0 Å². The summed E-state index contributed by atoms with van der Waals surface area (Å²) < 4.78 is 43.6. The van der Waals surface area contributed by atoms with Gasteiger partial charge in [0.15, 0.2) is 11.0 Å². The molecule has 0 aliphatic carbocycles. The third-order valence-corrected chi connectivity index (χ3v) is 4.62. The van der Waals surface area contributed by atoms with E-state index in [9.17, 15) is 18.3 Å². The van der Waals surface area contributed by atoms with Gasteiger partial charge in [-0.25, -0.2) is 32.8 Å². The minimum atomic E-state index is -2.09. The number of benzene rings is 1. The van der Waals surface area contributed by atoms with Gasteiger partial charge in [-0.05, 0) is 17.7 Å². The van der Waals surface area contributed by atoms with Gasteiger partial charge in [-0.2, -0.15) is 5.10 Å². The summed E-state index contributed by atoms with van der Waals surface area (Å²) in [6.45, 7) is 1.08. The molecule has 2 atom stereocenters. The highest BCUT2D eigenvalue weighted by Crippen LogP contribution is 2.40. The normalized spacial score (nSPS) is 14.8. The first-order chi connectivity index (χ1) is 12.7. The molecule has 2 heterocycles. The maximum absolute atomic E-state index is 14.5. The lowest BCUT2D eigenvalue weighted by molar-refractivity contribution is -0.0133. The van der Waals surface area contributed by atoms with Gasteiger partial charge in [0.1, 0.15) is 29.9 Å². The monoisotopic (exact) mass is 417 g/mol. The number of hydrogen-bond acceptors (Lipinski definition) is 5. The topological polar surface area (TPSA) is 76.7 Å². The molecule has 3 rings (SSSR count). The third kappa shape index (κ3) is 3.76. The lowest BCUT2D eigenvalue weighted by Crippen LogP contribution is -2.39. The van der Waals surface area contributed by atoms with E-state index in [0.29, 0.717) is 6.07 Å². The molecule has 0 saturated heterocycles. The Labute approximate surface area is 161 Å². The predicted octanol–water partition coefficient (Wildman–Crippen LogP) is 3.48. The first-order valence-corrected chi connectivity index (χ1v) is 8.36. The highest BCUT2D eigenvalue weighted by Gasteiger charge is 2.42. The molecule has 2 unspecified atom stereocenters. The highest BCUT2D eigenvalue weighted by atomic mass is 35.5. The van der Waals surface area contributed by atoms with Crippen LogP contribution in [0, 0.1) is 17.5 Å². The summed E-state index contributed by atoms with van der Waals surface area (Å²) in [6, 6.07) is 2.67. The maximum atomic E-state index is 14.5. The molecule has 142 valence electrons. The summed E-state index contributed by atoms with van der Waals surface area (Å²) in [4.78, 5) is 11.0. The molecule has 0 aliphatic rings. The van der Waals surface area contributed by atoms with Gasteiger partial charge in [-0.15, -0.1) is 0 Å². The molecule has 0 fully saturated rings. The molecule has 0 amide bonds. The Morgan fingerprint density at radius 2 is 1.96 bits per heavy atom. The van der Waals surface area contributed by atoms with Crippen molar-refractivity contribution in [2.24, 2.45) is 0 Å². The number of rotatable bonds is 5. The fraction of sp³-hybridized carbons (Fsp3) is 0.250. The van der Waals surface area contributed by atoms with Crippen LogP contribution in [0.1, 0.15) is 24.1 Å². The van der Waals surface area contributed by atoms with Crippen LogP contribution in [0.25, 0.3) is 0 Å². The van der Waals surface area contributed by atoms with E-state index in [0.717, 1.165) is 12.1 Å². The Kier molecular flexibility index (Phi) is 5.36. The van der Waals surface area contributed by atoms with Crippen molar-refractivity contribution >= 4 is 23.2 Å². The second-order valence-corrected chi connectivity index (χ2v) is 6.54. The number of hydrogen-bond donors (Lipinski definition) is 1. The van der Waals surface area contributed by atoms with Gasteiger partial charge >= 0.3 is 0 Å². The average molecular weight is 418 g/mol. The quantitative estimate of drug-likeness (QED) is 0.507. The number of halogens is 5. The van der Waals surface area contributed by atoms with E-state index >= 15 is 0 Å². The summed E-state index contributed by atoms with van der Waals surface area (Å²) in [5.41, 5.74) is -2.70. The molecule has 11 heteroatoms. The molecule has 0 aliphatic heterocycles. The third-order valence-electron chi connectivity index (χ3n) is 4.20. The number of aromatic nitrogens is 5. The Hall–Kier alpha value is -2.23. The molecule has 0 radical (unpaired) electrons. The van der Waals surface area contributed by atoms with E-state index in [1.807, 2.05) is 0 Å². The molecule has 2 aromatic heterocycles. The Balaban J connectivity index is 2.17. The summed E-state index contributed by atoms with van der Waals surface area (Å²) in [6.07, 6.45) is 2.50. The predicted molar refractivity (Wildman–Crippen MR) is 90.7 cm³/mol. The fourth-order valence-electron chi connectivity index (χ4n) is 2.78. The lowest BCUT2D eigenvalue weighted by Gasteiger charge is -2.34. The van der Waals surface area contributed by atoms with Crippen LogP contribution in [0.3, 0.4) is 0 Å². The van der Waals surface area contributed by atoms with Crippen molar-refractivity contribution < 1.29 is 18.3 Å². The zero-order valence-corrected chi connectivity index (χ0v) is 15.3. The Morgan fingerprint density at radius 1 is 1.22 bits per heavy atom. The van der Waals surface area contributed by atoms with E-state index < -0.39 is 34.1 Å². The van der Waals surface area contributed by atoms with Crippen molar-refractivity contribution in [1.29, 1.82) is 0 Å². The van der Waals surface area contributed by atoms with Gasteiger partial charge in [0.05, 0.1) is 12.2 Å². The SMILES string of the molecule is CC(c1nc(Cl)nc(Cl)c1F)C(O)(Cn1cncn1)c1ccc(F)cc1F. The van der Waals surface area contributed by atoms with Crippen molar-refractivity contribution in [3.8, 4) is 0 Å². The van der Waals surface area contributed by atoms with Crippen LogP contribution in [0.15, 0.2) is 30.9 Å². The Morgan fingerprint density at radius 3 is 2.59 bits per heavy atom. The molecule has 0 saturated carbocycles. The van der Waals surface area contributed by atoms with E-state index in [-0.39, 0.29) is 23.1 Å². The van der Waals surface area contributed by atoms with Gasteiger partial charge in [0.2, 0.25) is 5.28 Å². The summed E-state index contributed by atoms with van der Waals surface area (Å²) in [7, 11) is 0. The van der Waals surface area contributed by atoms with Crippen LogP contribution in [0.4, 0.5) is 13.2 Å². The fourth-order valence-corrected chi connectivity index (χ4v) is 3.18. The molecular weight excluding hydrogens is 406 g/mol. The average Bonchev–Trinajstić information content (AvgIpc) is 3.10. The molecule has 1 N–H and O–H groups in total. The number of nitrogens with zero attached hydrogens (tertiary/aromatic N) is 5. The molecule has 0 bridgehead atoms. The summed E-state index contributed by atoms with van der Waals surface area (Å²) >= 11 is 11.5. The summed E-state index contributed by atoms with van der Waals surface area (Å²) in [5.74, 6) is -4.02. The standard InChI is InChI=1S/C16H12Cl2F3N5O/c1-8(13-12(21)14(17)25-15(18)24-13)16(27,5-26-7-22-6-23-26)10-3-2-9(19)4-11(10)20/h2-4,6-8,27H,5H2,1H3. The van der Waals surface area contributed by atoms with Crippen LogP contribution < -0.4 is 0 Å². The maximum Gasteiger partial charge on any atom is 0.224 e. The van der Waals surface area contributed by atoms with Gasteiger partial charge in [-0.1, -0.05) is 24.6 Å². The van der Waals surface area contributed by atoms with Crippen molar-refractivity contribution in [1.82, 2.24) is 24.7 Å². The van der Waals surface area contributed by atoms with Crippen molar-refractivity contribution in [3.63, 3.8) is 0 Å². The van der Waals surface area contributed by atoms with Crippen LogP contribution in [0.2, 0.25) is 10.4 Å². The smallest absolute Gasteiger partial charge is 0.224 e. The molecule has 3 aromatic rings. The summed E-state index contributed by atoms with van der Waals surface area (Å²) in [5, 5.41) is 14.4. The molecule has 27 heavy (non-hydrogen) atoms. The minimum Gasteiger partial charge on any atom is -0.382 e. The van der Waals surface area contributed by atoms with Crippen molar-refractivity contribution in [2.45, 2.75) is 25.0 Å². The Bertz CT molecular complexity index is 973. The van der Waals surface area contributed by atoms with Crippen molar-refractivity contribution in [3.05, 3.63) is 70.0 Å². The largest absolute Gasteiger partial charge is 0.382 e. The molecule has 0 spiro atoms. The van der Waals surface area contributed by atoms with E-state index in [1.54, 1.807) is 0 Å². The van der Waals surface area contributed by atoms with Crippen LogP contribution in [-0.2, 0) is 12.1 Å². The first kappa shape index (κ1) is 19.5. The van der Waals surface area contributed by atoms with E-state index in [1.165, 1.54) is 24.3 Å². The van der Waals surface area contributed by atoms with Crippen molar-refractivity contribution in [2.75, 3.05) is 0 Å². The van der Waals surface area contributed by atoms with Crippen LogP contribution >= 0.6 is 23.2 Å². The zero-order chi connectivity index (χ0) is 19.8. The van der Waals surface area contributed by atoms with E-state index in [4.69, 9.17) is 23.2 Å². The highest BCUT2D eigenvalue weighted by molar-refractivity contribution is 6.31. The number of aliphatic hydroxyl groups is 1. The van der Waals surface area contributed by atoms with Crippen LogP contribution in [-0.4, -0.2) is 29.8 Å². The zero-order valence-electron chi connectivity index (χ0n) is 13.7. The lowest BCUT2D eigenvalue weighted by atomic mass is 9.79. The first-order valence-electron chi connectivity index (χ1n) is 7.61. The minimum absolute atomic E-state index is 0.280.